The Morgan fingerprint density at radius 3 is 2.67 bits per heavy atom. The summed E-state index contributed by atoms with van der Waals surface area (Å²) in [6, 6.07) is 3.88. The minimum absolute atomic E-state index is 0.186. The van der Waals surface area contributed by atoms with Gasteiger partial charge in [-0.1, -0.05) is 11.6 Å². The Morgan fingerprint density at radius 2 is 2.10 bits per heavy atom. The van der Waals surface area contributed by atoms with E-state index < -0.39 is 17.7 Å². The zero-order valence-corrected chi connectivity index (χ0v) is 12.3. The maximum absolute atomic E-state index is 11.9. The summed E-state index contributed by atoms with van der Waals surface area (Å²) in [5, 5.41) is 10.5. The van der Waals surface area contributed by atoms with Gasteiger partial charge in [0.15, 0.2) is 0 Å². The van der Waals surface area contributed by atoms with Gasteiger partial charge in [0.2, 0.25) is 11.6 Å². The van der Waals surface area contributed by atoms with Gasteiger partial charge in [0.05, 0.1) is 12.7 Å². The number of ether oxygens (including phenoxy) is 1. The van der Waals surface area contributed by atoms with Crippen molar-refractivity contribution >= 4 is 17.6 Å². The number of carbonyl (C=O) groups excluding carboxylic acids is 1. The number of hydrogen-bond acceptors (Lipinski definition) is 5. The van der Waals surface area contributed by atoms with Gasteiger partial charge in [0, 0.05) is 19.1 Å². The lowest BCUT2D eigenvalue weighted by molar-refractivity contribution is 0.214. The lowest BCUT2D eigenvalue weighted by atomic mass is 10.1. The third kappa shape index (κ3) is 2.59. The summed E-state index contributed by atoms with van der Waals surface area (Å²) in [5.74, 6) is -1.45. The Balaban J connectivity index is 2.68. The monoisotopic (exact) mass is 312 g/mol. The first-order valence-electron chi connectivity index (χ1n) is 5.87. The standard InChI is InChI=1S/C13H13ClN2O5/c1-15(2)12(18)16-11(17)10(21-13(16)19)8-6-7(14)4-5-9(8)20-3/h4-6,17H,1-3H3. The minimum atomic E-state index is -0.997. The molecule has 0 atom stereocenters. The van der Waals surface area contributed by atoms with Crippen molar-refractivity contribution in [1.82, 2.24) is 9.47 Å². The second-order valence-corrected chi connectivity index (χ2v) is 4.81. The fourth-order valence-electron chi connectivity index (χ4n) is 1.77. The molecular weight excluding hydrogens is 300 g/mol. The number of rotatable bonds is 2. The smallest absolute Gasteiger partial charge is 0.430 e. The molecular formula is C13H13ClN2O5. The van der Waals surface area contributed by atoms with Crippen LogP contribution in [0.25, 0.3) is 11.3 Å². The number of nitrogens with zero attached hydrogens (tertiary/aromatic N) is 2. The van der Waals surface area contributed by atoms with Crippen molar-refractivity contribution in [1.29, 1.82) is 0 Å². The number of benzene rings is 1. The van der Waals surface area contributed by atoms with E-state index in [9.17, 15) is 14.7 Å². The van der Waals surface area contributed by atoms with E-state index in [4.69, 9.17) is 20.8 Å². The maximum Gasteiger partial charge on any atom is 0.430 e. The molecule has 1 aromatic carbocycles. The van der Waals surface area contributed by atoms with Gasteiger partial charge in [-0.15, -0.1) is 0 Å². The van der Waals surface area contributed by atoms with Crippen molar-refractivity contribution in [3.8, 4) is 23.0 Å². The highest BCUT2D eigenvalue weighted by atomic mass is 35.5. The van der Waals surface area contributed by atoms with Crippen LogP contribution in [-0.4, -0.2) is 41.8 Å². The SMILES string of the molecule is COc1ccc(Cl)cc1-c1oc(=O)n(C(=O)N(C)C)c1O. The molecule has 7 nitrogen and oxygen atoms in total. The molecule has 1 heterocycles. The maximum atomic E-state index is 11.9. The van der Waals surface area contributed by atoms with Crippen LogP contribution in [0, 0.1) is 0 Å². The van der Waals surface area contributed by atoms with Crippen LogP contribution < -0.4 is 10.5 Å². The van der Waals surface area contributed by atoms with Crippen LogP contribution in [0.5, 0.6) is 11.6 Å². The average molecular weight is 313 g/mol. The van der Waals surface area contributed by atoms with Crippen molar-refractivity contribution < 1.29 is 19.1 Å². The molecule has 21 heavy (non-hydrogen) atoms. The van der Waals surface area contributed by atoms with Gasteiger partial charge in [0.25, 0.3) is 0 Å². The fraction of sp³-hybridized carbons (Fsp3) is 0.231. The number of aromatic hydroxyl groups is 1. The molecule has 2 aromatic rings. The number of hydrogen-bond donors (Lipinski definition) is 1. The molecule has 0 aliphatic carbocycles. The van der Waals surface area contributed by atoms with Crippen molar-refractivity contribution in [3.05, 3.63) is 33.8 Å². The first-order valence-corrected chi connectivity index (χ1v) is 6.25. The molecule has 0 radical (unpaired) electrons. The molecule has 0 aliphatic heterocycles. The van der Waals surface area contributed by atoms with E-state index in [1.54, 1.807) is 12.1 Å². The summed E-state index contributed by atoms with van der Waals surface area (Å²) < 4.78 is 10.6. The van der Waals surface area contributed by atoms with Crippen molar-refractivity contribution in [2.24, 2.45) is 0 Å². The van der Waals surface area contributed by atoms with E-state index >= 15 is 0 Å². The lowest BCUT2D eigenvalue weighted by Gasteiger charge is -2.10. The summed E-state index contributed by atoms with van der Waals surface area (Å²) in [6.45, 7) is 0. The number of halogens is 1. The van der Waals surface area contributed by atoms with Crippen LogP contribution in [0.1, 0.15) is 0 Å². The first-order chi connectivity index (χ1) is 9.86. The molecule has 1 aromatic heterocycles. The van der Waals surface area contributed by atoms with Gasteiger partial charge >= 0.3 is 11.8 Å². The van der Waals surface area contributed by atoms with Gasteiger partial charge in [-0.25, -0.2) is 9.59 Å². The van der Waals surface area contributed by atoms with Gasteiger partial charge < -0.3 is 19.2 Å². The van der Waals surface area contributed by atoms with Gasteiger partial charge in [-0.2, -0.15) is 4.57 Å². The number of carbonyl (C=O) groups is 1. The Labute approximate surface area is 124 Å². The van der Waals surface area contributed by atoms with Crippen LogP contribution in [-0.2, 0) is 0 Å². The number of methoxy groups -OCH3 is 1. The molecule has 0 saturated heterocycles. The summed E-state index contributed by atoms with van der Waals surface area (Å²) in [5.41, 5.74) is 0.268. The third-order valence-corrected chi connectivity index (χ3v) is 3.00. The Hall–Kier alpha value is -2.41. The Morgan fingerprint density at radius 1 is 1.43 bits per heavy atom. The molecule has 112 valence electrons. The zero-order valence-electron chi connectivity index (χ0n) is 11.6. The highest BCUT2D eigenvalue weighted by Crippen LogP contribution is 2.37. The molecule has 2 rings (SSSR count). The third-order valence-electron chi connectivity index (χ3n) is 2.77. The van der Waals surface area contributed by atoms with E-state index in [0.29, 0.717) is 15.3 Å². The normalized spacial score (nSPS) is 10.5. The van der Waals surface area contributed by atoms with Crippen LogP contribution in [0.4, 0.5) is 4.79 Å². The molecule has 0 spiro atoms. The van der Waals surface area contributed by atoms with E-state index in [1.165, 1.54) is 27.3 Å². The predicted molar refractivity (Wildman–Crippen MR) is 76.1 cm³/mol. The van der Waals surface area contributed by atoms with Crippen molar-refractivity contribution in [2.75, 3.05) is 21.2 Å². The molecule has 1 amide bonds. The Bertz CT molecular complexity index is 748. The highest BCUT2D eigenvalue weighted by molar-refractivity contribution is 6.31. The van der Waals surface area contributed by atoms with Crippen LogP contribution in [0.2, 0.25) is 5.02 Å². The summed E-state index contributed by atoms with van der Waals surface area (Å²) in [6.07, 6.45) is 0. The van der Waals surface area contributed by atoms with Crippen molar-refractivity contribution in [3.63, 3.8) is 0 Å². The van der Waals surface area contributed by atoms with E-state index in [-0.39, 0.29) is 11.3 Å². The lowest BCUT2D eigenvalue weighted by Crippen LogP contribution is -2.32. The summed E-state index contributed by atoms with van der Waals surface area (Å²) >= 11 is 5.90. The quantitative estimate of drug-likeness (QED) is 0.916. The first kappa shape index (κ1) is 15.0. The molecule has 8 heteroatoms. The fourth-order valence-corrected chi connectivity index (χ4v) is 1.94. The summed E-state index contributed by atoms with van der Waals surface area (Å²) in [4.78, 5) is 24.8. The van der Waals surface area contributed by atoms with Crippen LogP contribution in [0.3, 0.4) is 0 Å². The number of oxazole rings is 1. The van der Waals surface area contributed by atoms with Gasteiger partial charge in [-0.3, -0.25) is 0 Å². The topological polar surface area (TPSA) is 84.9 Å². The van der Waals surface area contributed by atoms with E-state index in [0.717, 1.165) is 4.90 Å². The van der Waals surface area contributed by atoms with E-state index in [1.807, 2.05) is 0 Å². The molecule has 0 fully saturated rings. The molecule has 0 bridgehead atoms. The number of aromatic nitrogens is 1. The molecule has 0 unspecified atom stereocenters. The Kier molecular flexibility index (Phi) is 3.95. The largest absolute Gasteiger partial charge is 0.496 e. The number of amides is 1. The van der Waals surface area contributed by atoms with Crippen molar-refractivity contribution in [2.45, 2.75) is 0 Å². The van der Waals surface area contributed by atoms with Gasteiger partial charge in [-0.05, 0) is 18.2 Å². The van der Waals surface area contributed by atoms with E-state index in [2.05, 4.69) is 0 Å². The predicted octanol–water partition coefficient (Wildman–Crippen LogP) is 2.01. The minimum Gasteiger partial charge on any atom is -0.496 e. The highest BCUT2D eigenvalue weighted by Gasteiger charge is 2.25. The molecule has 0 saturated carbocycles. The van der Waals surface area contributed by atoms with Gasteiger partial charge in [0.1, 0.15) is 5.75 Å². The second kappa shape index (κ2) is 5.53. The molecule has 0 aliphatic rings. The average Bonchev–Trinajstić information content (AvgIpc) is 2.73. The van der Waals surface area contributed by atoms with Crippen LogP contribution >= 0.6 is 11.6 Å². The zero-order chi connectivity index (χ0) is 15.7. The second-order valence-electron chi connectivity index (χ2n) is 4.38. The summed E-state index contributed by atoms with van der Waals surface area (Å²) in [7, 11) is 4.31. The molecule has 1 N–H and O–H groups in total. The van der Waals surface area contributed by atoms with Crippen LogP contribution in [0.15, 0.2) is 27.4 Å².